The predicted molar refractivity (Wildman–Crippen MR) is 68.0 cm³/mol. The maximum absolute atomic E-state index is 13.6. The molecule has 4 nitrogen and oxygen atoms in total. The van der Waals surface area contributed by atoms with E-state index >= 15 is 0 Å². The summed E-state index contributed by atoms with van der Waals surface area (Å²) in [5.41, 5.74) is -0.475. The summed E-state index contributed by atoms with van der Waals surface area (Å²) < 4.78 is 13.6. The van der Waals surface area contributed by atoms with E-state index in [1.165, 1.54) is 6.07 Å². The number of benzene rings is 1. The highest BCUT2D eigenvalue weighted by molar-refractivity contribution is 5.83. The standard InChI is InChI=1S/C14H18FNO3/c1-14(7-17,8-18)16-13(19)11-6-10(11)9-4-2-3-5-12(9)15/h2-5,10-11,17-18H,6-8H2,1H3,(H,16,19)/t10-,11+/m0/s1. The normalized spacial score (nSPS) is 22.1. The SMILES string of the molecule is CC(CO)(CO)NC(=O)[C@@H]1C[C@H]1c1ccccc1F. The van der Waals surface area contributed by atoms with Crippen molar-refractivity contribution in [3.8, 4) is 0 Å². The first-order valence-electron chi connectivity index (χ1n) is 6.29. The maximum Gasteiger partial charge on any atom is 0.224 e. The lowest BCUT2D eigenvalue weighted by molar-refractivity contribution is -0.125. The van der Waals surface area contributed by atoms with Crippen molar-refractivity contribution in [1.82, 2.24) is 5.32 Å². The average Bonchev–Trinajstić information content (AvgIpc) is 3.19. The van der Waals surface area contributed by atoms with Gasteiger partial charge in [-0.05, 0) is 30.9 Å². The number of hydrogen-bond acceptors (Lipinski definition) is 3. The number of carbonyl (C=O) groups is 1. The van der Waals surface area contributed by atoms with E-state index < -0.39 is 5.54 Å². The van der Waals surface area contributed by atoms with Crippen LogP contribution in [0.2, 0.25) is 0 Å². The fourth-order valence-corrected chi connectivity index (χ4v) is 2.12. The molecule has 2 rings (SSSR count). The Morgan fingerprint density at radius 1 is 1.42 bits per heavy atom. The molecule has 1 amide bonds. The maximum atomic E-state index is 13.6. The molecule has 1 aliphatic rings. The van der Waals surface area contributed by atoms with Crippen molar-refractivity contribution in [2.45, 2.75) is 24.8 Å². The Kier molecular flexibility index (Phi) is 3.87. The molecule has 0 aromatic heterocycles. The second-order valence-corrected chi connectivity index (χ2v) is 5.34. The molecular weight excluding hydrogens is 249 g/mol. The van der Waals surface area contributed by atoms with E-state index in [9.17, 15) is 9.18 Å². The van der Waals surface area contributed by atoms with Crippen LogP contribution in [-0.2, 0) is 4.79 Å². The van der Waals surface area contributed by atoms with E-state index in [1.807, 2.05) is 0 Å². The van der Waals surface area contributed by atoms with Crippen LogP contribution in [0.25, 0.3) is 0 Å². The highest BCUT2D eigenvalue weighted by atomic mass is 19.1. The van der Waals surface area contributed by atoms with Gasteiger partial charge < -0.3 is 15.5 Å². The van der Waals surface area contributed by atoms with Crippen molar-refractivity contribution >= 4 is 5.91 Å². The van der Waals surface area contributed by atoms with Crippen molar-refractivity contribution in [3.63, 3.8) is 0 Å². The fraction of sp³-hybridized carbons (Fsp3) is 0.500. The van der Waals surface area contributed by atoms with Crippen molar-refractivity contribution in [1.29, 1.82) is 0 Å². The molecule has 0 saturated heterocycles. The summed E-state index contributed by atoms with van der Waals surface area (Å²) in [6, 6.07) is 6.43. The van der Waals surface area contributed by atoms with Gasteiger partial charge in [0.2, 0.25) is 5.91 Å². The Bertz CT molecular complexity index is 474. The summed E-state index contributed by atoms with van der Waals surface area (Å²) in [6.45, 7) is 0.879. The lowest BCUT2D eigenvalue weighted by Crippen LogP contribution is -2.52. The number of nitrogens with one attached hydrogen (secondary N) is 1. The van der Waals surface area contributed by atoms with Crippen molar-refractivity contribution in [2.75, 3.05) is 13.2 Å². The summed E-state index contributed by atoms with van der Waals surface area (Å²) in [5.74, 6) is -0.939. The molecule has 5 heteroatoms. The van der Waals surface area contributed by atoms with E-state index in [-0.39, 0.29) is 36.8 Å². The zero-order chi connectivity index (χ0) is 14.0. The van der Waals surface area contributed by atoms with Crippen LogP contribution in [-0.4, -0.2) is 34.9 Å². The van der Waals surface area contributed by atoms with Crippen molar-refractivity contribution in [3.05, 3.63) is 35.6 Å². The van der Waals surface area contributed by atoms with Crippen LogP contribution in [0, 0.1) is 11.7 Å². The summed E-state index contributed by atoms with van der Waals surface area (Å²) in [6.07, 6.45) is 0.597. The van der Waals surface area contributed by atoms with Crippen molar-refractivity contribution in [2.24, 2.45) is 5.92 Å². The van der Waals surface area contributed by atoms with Gasteiger partial charge in [0.05, 0.1) is 18.8 Å². The van der Waals surface area contributed by atoms with Crippen LogP contribution in [0.5, 0.6) is 0 Å². The highest BCUT2D eigenvalue weighted by Crippen LogP contribution is 2.48. The Labute approximate surface area is 111 Å². The molecule has 3 N–H and O–H groups in total. The molecule has 1 aromatic carbocycles. The number of aliphatic hydroxyl groups excluding tert-OH is 2. The van der Waals surface area contributed by atoms with E-state index in [2.05, 4.69) is 5.32 Å². The van der Waals surface area contributed by atoms with Crippen LogP contribution >= 0.6 is 0 Å². The van der Waals surface area contributed by atoms with Crippen LogP contribution in [0.1, 0.15) is 24.8 Å². The molecule has 0 unspecified atom stereocenters. The van der Waals surface area contributed by atoms with E-state index in [0.717, 1.165) is 0 Å². The Balaban J connectivity index is 2.00. The Morgan fingerprint density at radius 2 is 2.05 bits per heavy atom. The van der Waals surface area contributed by atoms with Gasteiger partial charge in [-0.3, -0.25) is 4.79 Å². The first-order valence-corrected chi connectivity index (χ1v) is 6.29. The molecular formula is C14H18FNO3. The summed E-state index contributed by atoms with van der Waals surface area (Å²) in [5, 5.41) is 20.9. The second-order valence-electron chi connectivity index (χ2n) is 5.34. The highest BCUT2D eigenvalue weighted by Gasteiger charge is 2.46. The summed E-state index contributed by atoms with van der Waals surface area (Å²) in [4.78, 5) is 12.0. The lowest BCUT2D eigenvalue weighted by Gasteiger charge is -2.26. The third-order valence-electron chi connectivity index (χ3n) is 3.55. The fourth-order valence-electron chi connectivity index (χ4n) is 2.12. The zero-order valence-corrected chi connectivity index (χ0v) is 10.8. The van der Waals surface area contributed by atoms with Crippen molar-refractivity contribution < 1.29 is 19.4 Å². The molecule has 0 bridgehead atoms. The minimum Gasteiger partial charge on any atom is -0.394 e. The largest absolute Gasteiger partial charge is 0.394 e. The molecule has 2 atom stereocenters. The van der Waals surface area contributed by atoms with Gasteiger partial charge in [0, 0.05) is 5.92 Å². The topological polar surface area (TPSA) is 69.6 Å². The van der Waals surface area contributed by atoms with Gasteiger partial charge in [0.25, 0.3) is 0 Å². The van der Waals surface area contributed by atoms with Gasteiger partial charge in [-0.1, -0.05) is 18.2 Å². The van der Waals surface area contributed by atoms with Crippen LogP contribution in [0.4, 0.5) is 4.39 Å². The van der Waals surface area contributed by atoms with Crippen LogP contribution < -0.4 is 5.32 Å². The Hall–Kier alpha value is -1.46. The molecule has 104 valence electrons. The molecule has 1 saturated carbocycles. The molecule has 19 heavy (non-hydrogen) atoms. The minimum absolute atomic E-state index is 0.108. The molecule has 0 spiro atoms. The van der Waals surface area contributed by atoms with E-state index in [4.69, 9.17) is 10.2 Å². The quantitative estimate of drug-likeness (QED) is 0.738. The zero-order valence-electron chi connectivity index (χ0n) is 10.8. The van der Waals surface area contributed by atoms with Gasteiger partial charge in [-0.15, -0.1) is 0 Å². The first-order chi connectivity index (χ1) is 9.00. The van der Waals surface area contributed by atoms with Gasteiger partial charge in [0.1, 0.15) is 5.82 Å². The van der Waals surface area contributed by atoms with Gasteiger partial charge in [-0.2, -0.15) is 0 Å². The third-order valence-corrected chi connectivity index (χ3v) is 3.55. The summed E-state index contributed by atoms with van der Waals surface area (Å²) >= 11 is 0. The monoisotopic (exact) mass is 267 g/mol. The van der Waals surface area contributed by atoms with Gasteiger partial charge in [-0.25, -0.2) is 4.39 Å². The molecule has 0 radical (unpaired) electrons. The number of amides is 1. The Morgan fingerprint density at radius 3 is 2.63 bits per heavy atom. The number of carbonyl (C=O) groups excluding carboxylic acids is 1. The number of hydrogen-bond donors (Lipinski definition) is 3. The van der Waals surface area contributed by atoms with Crippen LogP contribution in [0.3, 0.4) is 0 Å². The van der Waals surface area contributed by atoms with Crippen LogP contribution in [0.15, 0.2) is 24.3 Å². The number of rotatable bonds is 5. The second kappa shape index (κ2) is 5.27. The van der Waals surface area contributed by atoms with Gasteiger partial charge >= 0.3 is 0 Å². The van der Waals surface area contributed by atoms with Gasteiger partial charge in [0.15, 0.2) is 0 Å². The minimum atomic E-state index is -1.03. The first kappa shape index (κ1) is 14.0. The third kappa shape index (κ3) is 2.93. The average molecular weight is 267 g/mol. The lowest BCUT2D eigenvalue weighted by atomic mass is 10.0. The molecule has 0 heterocycles. The smallest absolute Gasteiger partial charge is 0.224 e. The molecule has 0 aliphatic heterocycles. The number of halogens is 1. The van der Waals surface area contributed by atoms with E-state index in [0.29, 0.717) is 12.0 Å². The molecule has 1 aromatic rings. The van der Waals surface area contributed by atoms with E-state index in [1.54, 1.807) is 25.1 Å². The molecule has 1 aliphatic carbocycles. The number of aliphatic hydroxyl groups is 2. The summed E-state index contributed by atoms with van der Waals surface area (Å²) in [7, 11) is 0. The predicted octanol–water partition coefficient (Wildman–Crippen LogP) is 0.789. The molecule has 1 fully saturated rings.